The fraction of sp³-hybridized carbons (Fsp3) is 0.403. The Morgan fingerprint density at radius 1 is 0.854 bits per heavy atom. The molecule has 3 N–H and O–H groups in total. The topological polar surface area (TPSA) is 258 Å². The molecular weight excluding hydrogens is 1060 g/mol. The molecule has 0 saturated carbocycles. The molecule has 428 valence electrons. The van der Waals surface area contributed by atoms with Crippen LogP contribution >= 0.6 is 0 Å². The van der Waals surface area contributed by atoms with Gasteiger partial charge in [0.15, 0.2) is 23.3 Å². The highest BCUT2D eigenvalue weighted by Crippen LogP contribution is 2.48. The van der Waals surface area contributed by atoms with Crippen molar-refractivity contribution in [3.63, 3.8) is 0 Å². The number of carbonyl (C=O) groups excluding carboxylic acids is 9. The maximum Gasteiger partial charge on any atom is 0.343 e. The number of nitrogens with zero attached hydrogens (tertiary/aromatic N) is 4. The van der Waals surface area contributed by atoms with Gasteiger partial charge in [-0.3, -0.25) is 48.1 Å². The number of ether oxygens (including phenoxy) is 2. The predicted molar refractivity (Wildman–Crippen MR) is 296 cm³/mol. The third-order valence-electron chi connectivity index (χ3n) is 16.1. The number of hydrogen-bond acceptors (Lipinski definition) is 14. The first kappa shape index (κ1) is 58.3. The first-order valence-electron chi connectivity index (χ1n) is 27.8. The van der Waals surface area contributed by atoms with Gasteiger partial charge in [0.05, 0.1) is 54.8 Å². The number of fused-ring (bicyclic) bond motifs is 5. The van der Waals surface area contributed by atoms with Gasteiger partial charge >= 0.3 is 5.97 Å². The molecule has 2 aromatic heterocycles. The molecule has 0 radical (unpaired) electrons. The van der Waals surface area contributed by atoms with Gasteiger partial charge in [0, 0.05) is 86.3 Å². The van der Waals surface area contributed by atoms with Crippen LogP contribution in [0.3, 0.4) is 0 Å². The molecular formula is C62H65FN6O13. The number of aliphatic hydroxyl groups is 1. The Balaban J connectivity index is 0.822. The summed E-state index contributed by atoms with van der Waals surface area (Å²) in [5.74, 6) is -5.41. The van der Waals surface area contributed by atoms with Crippen molar-refractivity contribution in [3.05, 3.63) is 146 Å². The summed E-state index contributed by atoms with van der Waals surface area (Å²) in [6, 6.07) is 20.1. The lowest BCUT2D eigenvalue weighted by molar-refractivity contribution is -0.172. The Morgan fingerprint density at radius 2 is 1.56 bits per heavy atom. The van der Waals surface area contributed by atoms with Crippen molar-refractivity contribution in [2.24, 2.45) is 5.92 Å². The van der Waals surface area contributed by atoms with E-state index in [9.17, 15) is 53.1 Å². The summed E-state index contributed by atoms with van der Waals surface area (Å²) in [5.41, 5.74) is 2.54. The van der Waals surface area contributed by atoms with Crippen LogP contribution in [0.1, 0.15) is 128 Å². The molecule has 5 amide bonds. The normalized spacial score (nSPS) is 17.4. The minimum atomic E-state index is -2.07. The van der Waals surface area contributed by atoms with Gasteiger partial charge in [-0.2, -0.15) is 0 Å². The van der Waals surface area contributed by atoms with E-state index in [1.807, 2.05) is 18.2 Å². The number of nitrogens with one attached hydrogen (secondary N) is 2. The number of amides is 5. The number of benzene rings is 3. The number of Topliss-reactive ketones (excluding diaryl/α,β-unsaturated/α-hetero) is 3. The molecule has 0 bridgehead atoms. The van der Waals surface area contributed by atoms with Gasteiger partial charge in [-0.05, 0) is 79.3 Å². The Bertz CT molecular complexity index is 3470. The second kappa shape index (κ2) is 25.2. The molecule has 3 aromatic carbocycles. The second-order valence-electron chi connectivity index (χ2n) is 21.4. The first-order chi connectivity index (χ1) is 39.4. The Kier molecular flexibility index (Phi) is 17.9. The summed E-state index contributed by atoms with van der Waals surface area (Å²) < 4.78 is 28.8. The average molecular weight is 1120 g/mol. The zero-order valence-corrected chi connectivity index (χ0v) is 46.1. The highest BCUT2D eigenvalue weighted by Gasteiger charge is 2.46. The summed E-state index contributed by atoms with van der Waals surface area (Å²) in [4.78, 5) is 139. The molecule has 19 nitrogen and oxygen atoms in total. The maximum atomic E-state index is 15.7. The summed E-state index contributed by atoms with van der Waals surface area (Å²) in [6.07, 6.45) is 3.46. The van der Waals surface area contributed by atoms with Crippen LogP contribution in [0.25, 0.3) is 22.3 Å². The van der Waals surface area contributed by atoms with Gasteiger partial charge < -0.3 is 34.7 Å². The maximum absolute atomic E-state index is 15.7. The van der Waals surface area contributed by atoms with Crippen LogP contribution in [0.15, 0.2) is 89.7 Å². The number of imide groups is 1. The minimum absolute atomic E-state index is 0.0263. The number of esters is 1. The van der Waals surface area contributed by atoms with Crippen LogP contribution in [-0.4, -0.2) is 111 Å². The number of likely N-dealkylation sites (N-methyl/N-ethyl adjacent to an activating group) is 1. The summed E-state index contributed by atoms with van der Waals surface area (Å²) in [6.45, 7) is 2.33. The average Bonchev–Trinajstić information content (AvgIpc) is 2.83. The monoisotopic (exact) mass is 1120 g/mol. The van der Waals surface area contributed by atoms with E-state index in [2.05, 4.69) is 10.6 Å². The first-order valence-corrected chi connectivity index (χ1v) is 27.8. The third kappa shape index (κ3) is 12.3. The largest absolute Gasteiger partial charge is 0.458 e. The van der Waals surface area contributed by atoms with E-state index in [1.54, 1.807) is 74.3 Å². The van der Waals surface area contributed by atoms with Crippen molar-refractivity contribution >= 4 is 63.8 Å². The van der Waals surface area contributed by atoms with Crippen molar-refractivity contribution in [1.82, 2.24) is 30.0 Å². The number of unbranched alkanes of at least 4 members (excludes halogenated alkanes) is 2. The Labute approximate surface area is 472 Å². The number of ketones is 3. The van der Waals surface area contributed by atoms with Gasteiger partial charge in [-0.25, -0.2) is 14.2 Å². The van der Waals surface area contributed by atoms with Crippen LogP contribution < -0.4 is 16.2 Å². The fourth-order valence-electron chi connectivity index (χ4n) is 11.5. The zero-order valence-electron chi connectivity index (χ0n) is 46.1. The van der Waals surface area contributed by atoms with Crippen LogP contribution in [0.5, 0.6) is 0 Å². The lowest BCUT2D eigenvalue weighted by atomic mass is 9.81. The van der Waals surface area contributed by atoms with E-state index in [4.69, 9.17) is 14.5 Å². The number of pyridine rings is 2. The van der Waals surface area contributed by atoms with E-state index in [0.29, 0.717) is 76.6 Å². The molecule has 20 heteroatoms. The zero-order chi connectivity index (χ0) is 58.4. The number of cyclic esters (lactones) is 1. The van der Waals surface area contributed by atoms with Gasteiger partial charge in [-0.15, -0.1) is 0 Å². The Hall–Kier alpha value is -8.36. The summed E-state index contributed by atoms with van der Waals surface area (Å²) >= 11 is 0. The molecule has 0 spiro atoms. The van der Waals surface area contributed by atoms with Gasteiger partial charge in [0.2, 0.25) is 11.8 Å². The molecule has 0 saturated heterocycles. The molecule has 4 atom stereocenters. The van der Waals surface area contributed by atoms with Crippen LogP contribution in [0, 0.1) is 18.7 Å². The van der Waals surface area contributed by atoms with E-state index in [-0.39, 0.29) is 107 Å². The highest BCUT2D eigenvalue weighted by atomic mass is 19.1. The van der Waals surface area contributed by atoms with Gasteiger partial charge in [0.1, 0.15) is 18.2 Å². The third-order valence-corrected chi connectivity index (χ3v) is 16.1. The number of aryl methyl sites for hydroxylation is 1. The number of rotatable bonds is 26. The molecule has 1 aliphatic carbocycles. The van der Waals surface area contributed by atoms with Crippen molar-refractivity contribution in [2.75, 3.05) is 33.3 Å². The van der Waals surface area contributed by atoms with Crippen LogP contribution in [0.2, 0.25) is 0 Å². The molecule has 4 aliphatic rings. The van der Waals surface area contributed by atoms with Crippen molar-refractivity contribution < 1.29 is 62.1 Å². The van der Waals surface area contributed by atoms with Crippen molar-refractivity contribution in [2.45, 2.75) is 122 Å². The van der Waals surface area contributed by atoms with Gasteiger partial charge in [-0.1, -0.05) is 74.0 Å². The number of halogens is 1. The molecule has 3 aliphatic heterocycles. The molecule has 9 rings (SSSR count). The molecule has 82 heavy (non-hydrogen) atoms. The van der Waals surface area contributed by atoms with E-state index < -0.39 is 76.8 Å². The fourth-order valence-corrected chi connectivity index (χ4v) is 11.5. The van der Waals surface area contributed by atoms with Gasteiger partial charge in [0.25, 0.3) is 23.3 Å². The summed E-state index contributed by atoms with van der Waals surface area (Å²) in [7, 11) is 1.65. The van der Waals surface area contributed by atoms with Crippen LogP contribution in [0.4, 0.5) is 4.39 Å². The Morgan fingerprint density at radius 3 is 2.28 bits per heavy atom. The molecule has 5 heterocycles. The lowest BCUT2D eigenvalue weighted by Crippen LogP contribution is -2.44. The molecule has 0 unspecified atom stereocenters. The number of hydrogen-bond donors (Lipinski definition) is 3. The second-order valence-corrected chi connectivity index (χ2v) is 21.4. The summed E-state index contributed by atoms with van der Waals surface area (Å²) in [5, 5.41) is 17.4. The predicted octanol–water partition coefficient (Wildman–Crippen LogP) is 5.58. The molecule has 0 fully saturated rings. The smallest absolute Gasteiger partial charge is 0.343 e. The minimum Gasteiger partial charge on any atom is -0.458 e. The highest BCUT2D eigenvalue weighted by molar-refractivity contribution is 6.12. The standard InChI is InChI=1S/C62H65FN6O13/c1-4-62(80)46-30-50-56-44(34-69(50)59(77)45(46)35-82-61(62)79)55-49(21-20-43-36(2)47(63)31-48(66-56)54(43)55)67(3)60(78)57(38-16-10-6-11-17-38)81-27-25-41(71)32-65-58(76)39(28-37-14-8-5-9-15-37)29-42(72)33-64-51(73)22-19-40(70)18-12-7-13-26-68-52(74)23-24-53(68)75/h5-6,8-11,14-17,23-24,30-31,39,49,57,80H,4,7,12-13,18-22,25-29,32-35H2,1-3H3,(H,64,73)(H,65,76)/t39-,49+,57-,62+/m1/s1. The van der Waals surface area contributed by atoms with Crippen LogP contribution in [-0.2, 0) is 84.2 Å². The van der Waals surface area contributed by atoms with E-state index in [0.717, 1.165) is 16.0 Å². The van der Waals surface area contributed by atoms with E-state index in [1.165, 1.54) is 22.8 Å². The number of aromatic nitrogens is 2. The molecule has 5 aromatic rings. The lowest BCUT2D eigenvalue weighted by Gasteiger charge is -2.36. The van der Waals surface area contributed by atoms with E-state index >= 15 is 4.39 Å². The van der Waals surface area contributed by atoms with Crippen molar-refractivity contribution in [3.8, 4) is 11.4 Å². The number of carbonyl (C=O) groups is 9. The van der Waals surface area contributed by atoms with Crippen molar-refractivity contribution in [1.29, 1.82) is 0 Å². The quantitative estimate of drug-likeness (QED) is 0.0341. The SMILES string of the molecule is CC[C@@]1(O)C(=O)OCc2c1cc1n(c2=O)Cc2c-1nc1cc(F)c(C)c3c1c2[C@@H](N(C)C(=O)[C@H](OCCC(=O)CNC(=O)[C@@H](CC(=O)CNC(=O)CCC(=O)CCCCCN1C(=O)C=CC1=O)Cc1ccccc1)c1ccccc1)CC3.